The van der Waals surface area contributed by atoms with E-state index < -0.39 is 6.04 Å². The number of carbonyl (C=O) groups is 2. The number of nitrogens with one attached hydrogen (secondary N) is 1. The first-order chi connectivity index (χ1) is 12.1. The van der Waals surface area contributed by atoms with Gasteiger partial charge in [0.25, 0.3) is 0 Å². The maximum Gasteiger partial charge on any atom is 0.249 e. The van der Waals surface area contributed by atoms with Crippen LogP contribution in [0.2, 0.25) is 0 Å². The summed E-state index contributed by atoms with van der Waals surface area (Å²) in [5, 5.41) is 2.96. The van der Waals surface area contributed by atoms with Crippen LogP contribution in [0.4, 0.5) is 0 Å². The SMILES string of the molecule is CC(Cn1ccnc1)NC(=O)C1COCC(=O)N1Cc1ccccc1. The van der Waals surface area contributed by atoms with Crippen molar-refractivity contribution in [3.05, 3.63) is 54.6 Å². The van der Waals surface area contributed by atoms with E-state index in [1.54, 1.807) is 17.4 Å². The van der Waals surface area contributed by atoms with Crippen LogP contribution in [-0.4, -0.2) is 51.6 Å². The van der Waals surface area contributed by atoms with Crippen molar-refractivity contribution < 1.29 is 14.3 Å². The fourth-order valence-corrected chi connectivity index (χ4v) is 2.90. The van der Waals surface area contributed by atoms with E-state index >= 15 is 0 Å². The Bertz CT molecular complexity index is 702. The van der Waals surface area contributed by atoms with Crippen LogP contribution < -0.4 is 5.32 Å². The normalized spacial score (nSPS) is 18.8. The summed E-state index contributed by atoms with van der Waals surface area (Å²) in [6.07, 6.45) is 5.25. The predicted octanol–water partition coefficient (Wildman–Crippen LogP) is 0.815. The maximum absolute atomic E-state index is 12.7. The van der Waals surface area contributed by atoms with Crippen LogP contribution in [0.25, 0.3) is 0 Å². The molecule has 1 aromatic carbocycles. The van der Waals surface area contributed by atoms with Gasteiger partial charge in [0.05, 0.1) is 12.9 Å². The Balaban J connectivity index is 1.64. The van der Waals surface area contributed by atoms with Crippen LogP contribution in [0.3, 0.4) is 0 Å². The topological polar surface area (TPSA) is 76.5 Å². The highest BCUT2D eigenvalue weighted by Crippen LogP contribution is 2.14. The monoisotopic (exact) mass is 342 g/mol. The zero-order valence-corrected chi connectivity index (χ0v) is 14.2. The summed E-state index contributed by atoms with van der Waals surface area (Å²) < 4.78 is 7.20. The number of ether oxygens (including phenoxy) is 1. The van der Waals surface area contributed by atoms with Crippen molar-refractivity contribution in [1.82, 2.24) is 19.8 Å². The maximum atomic E-state index is 12.7. The fourth-order valence-electron chi connectivity index (χ4n) is 2.90. The molecule has 0 spiro atoms. The third kappa shape index (κ3) is 4.45. The molecule has 2 amide bonds. The number of rotatable bonds is 6. The first-order valence-electron chi connectivity index (χ1n) is 8.30. The van der Waals surface area contributed by atoms with Gasteiger partial charge in [-0.2, -0.15) is 0 Å². The quantitative estimate of drug-likeness (QED) is 0.843. The van der Waals surface area contributed by atoms with E-state index in [0.29, 0.717) is 13.1 Å². The lowest BCUT2D eigenvalue weighted by Crippen LogP contribution is -2.57. The van der Waals surface area contributed by atoms with E-state index in [1.165, 1.54) is 0 Å². The highest BCUT2D eigenvalue weighted by Gasteiger charge is 2.34. The van der Waals surface area contributed by atoms with Gasteiger partial charge in [-0.05, 0) is 12.5 Å². The Labute approximate surface area is 146 Å². The summed E-state index contributed by atoms with van der Waals surface area (Å²) in [4.78, 5) is 30.5. The molecular formula is C18H22N4O3. The van der Waals surface area contributed by atoms with Crippen molar-refractivity contribution in [1.29, 1.82) is 0 Å². The van der Waals surface area contributed by atoms with Crippen LogP contribution in [0.15, 0.2) is 49.1 Å². The van der Waals surface area contributed by atoms with Crippen LogP contribution in [0.1, 0.15) is 12.5 Å². The average Bonchev–Trinajstić information content (AvgIpc) is 3.10. The molecule has 1 aliphatic rings. The Hall–Kier alpha value is -2.67. The molecule has 2 atom stereocenters. The highest BCUT2D eigenvalue weighted by atomic mass is 16.5. The van der Waals surface area contributed by atoms with Gasteiger partial charge in [-0.15, -0.1) is 0 Å². The van der Waals surface area contributed by atoms with E-state index in [1.807, 2.05) is 48.0 Å². The number of aromatic nitrogens is 2. The predicted molar refractivity (Wildman–Crippen MR) is 91.4 cm³/mol. The summed E-state index contributed by atoms with van der Waals surface area (Å²) in [6, 6.07) is 8.94. The van der Waals surface area contributed by atoms with Crippen LogP contribution in [0.5, 0.6) is 0 Å². The molecule has 0 radical (unpaired) electrons. The zero-order chi connectivity index (χ0) is 17.6. The number of benzene rings is 1. The number of amides is 2. The number of carbonyl (C=O) groups excluding carboxylic acids is 2. The van der Waals surface area contributed by atoms with Gasteiger partial charge in [0.15, 0.2) is 0 Å². The molecule has 2 unspecified atom stereocenters. The van der Waals surface area contributed by atoms with Crippen molar-refractivity contribution >= 4 is 11.8 Å². The van der Waals surface area contributed by atoms with Gasteiger partial charge < -0.3 is 19.5 Å². The van der Waals surface area contributed by atoms with Crippen molar-refractivity contribution in [2.45, 2.75) is 32.1 Å². The van der Waals surface area contributed by atoms with Crippen LogP contribution in [-0.2, 0) is 27.4 Å². The molecule has 7 heteroatoms. The number of morpholine rings is 1. The highest BCUT2D eigenvalue weighted by molar-refractivity contribution is 5.89. The van der Waals surface area contributed by atoms with E-state index in [4.69, 9.17) is 4.74 Å². The number of hydrogen-bond acceptors (Lipinski definition) is 4. The molecule has 0 bridgehead atoms. The number of imidazole rings is 1. The van der Waals surface area contributed by atoms with Gasteiger partial charge in [0.2, 0.25) is 11.8 Å². The second kappa shape index (κ2) is 7.94. The molecule has 1 fully saturated rings. The summed E-state index contributed by atoms with van der Waals surface area (Å²) in [5.41, 5.74) is 0.988. The summed E-state index contributed by atoms with van der Waals surface area (Å²) in [7, 11) is 0. The second-order valence-corrected chi connectivity index (χ2v) is 6.21. The molecule has 0 aliphatic carbocycles. The van der Waals surface area contributed by atoms with Crippen molar-refractivity contribution in [3.8, 4) is 0 Å². The number of nitrogens with zero attached hydrogens (tertiary/aromatic N) is 3. The first-order valence-corrected chi connectivity index (χ1v) is 8.30. The second-order valence-electron chi connectivity index (χ2n) is 6.21. The van der Waals surface area contributed by atoms with E-state index in [0.717, 1.165) is 5.56 Å². The summed E-state index contributed by atoms with van der Waals surface area (Å²) in [6.45, 7) is 3.16. The van der Waals surface area contributed by atoms with Gasteiger partial charge in [-0.3, -0.25) is 9.59 Å². The molecule has 1 saturated heterocycles. The zero-order valence-electron chi connectivity index (χ0n) is 14.2. The molecule has 7 nitrogen and oxygen atoms in total. The minimum absolute atomic E-state index is 0.0151. The van der Waals surface area contributed by atoms with Crippen LogP contribution >= 0.6 is 0 Å². The average molecular weight is 342 g/mol. The Morgan fingerprint density at radius 2 is 2.20 bits per heavy atom. The Kier molecular flexibility index (Phi) is 5.45. The molecule has 25 heavy (non-hydrogen) atoms. The van der Waals surface area contributed by atoms with E-state index in [-0.39, 0.29) is 31.1 Å². The molecule has 0 saturated carbocycles. The van der Waals surface area contributed by atoms with Crippen LogP contribution in [0, 0.1) is 0 Å². The third-order valence-corrected chi connectivity index (χ3v) is 4.13. The third-order valence-electron chi connectivity index (χ3n) is 4.13. The Morgan fingerprint density at radius 1 is 1.40 bits per heavy atom. The molecule has 1 aromatic heterocycles. The van der Waals surface area contributed by atoms with Gasteiger partial charge in [0, 0.05) is 31.5 Å². The number of hydrogen-bond donors (Lipinski definition) is 1. The van der Waals surface area contributed by atoms with Gasteiger partial charge in [0.1, 0.15) is 12.6 Å². The van der Waals surface area contributed by atoms with Gasteiger partial charge in [-0.25, -0.2) is 4.98 Å². The smallest absolute Gasteiger partial charge is 0.249 e. The van der Waals surface area contributed by atoms with Gasteiger partial charge in [-0.1, -0.05) is 30.3 Å². The Morgan fingerprint density at radius 3 is 2.92 bits per heavy atom. The molecule has 3 rings (SSSR count). The largest absolute Gasteiger partial charge is 0.369 e. The van der Waals surface area contributed by atoms with Gasteiger partial charge >= 0.3 is 0 Å². The molecule has 1 aliphatic heterocycles. The molecular weight excluding hydrogens is 320 g/mol. The van der Waals surface area contributed by atoms with E-state index in [2.05, 4.69) is 10.3 Å². The summed E-state index contributed by atoms with van der Waals surface area (Å²) in [5.74, 6) is -0.367. The lowest BCUT2D eigenvalue weighted by Gasteiger charge is -2.35. The molecule has 2 heterocycles. The summed E-state index contributed by atoms with van der Waals surface area (Å²) >= 11 is 0. The lowest BCUT2D eigenvalue weighted by atomic mass is 10.1. The van der Waals surface area contributed by atoms with Crippen molar-refractivity contribution in [3.63, 3.8) is 0 Å². The van der Waals surface area contributed by atoms with Crippen molar-refractivity contribution in [2.75, 3.05) is 13.2 Å². The minimum atomic E-state index is -0.619. The lowest BCUT2D eigenvalue weighted by molar-refractivity contribution is -0.155. The molecule has 1 N–H and O–H groups in total. The minimum Gasteiger partial charge on any atom is -0.369 e. The van der Waals surface area contributed by atoms with E-state index in [9.17, 15) is 9.59 Å². The first kappa shape index (κ1) is 17.2. The molecule has 132 valence electrons. The standard InChI is InChI=1S/C18H22N4O3/c1-14(9-21-8-7-19-13-21)20-18(24)16-11-25-12-17(23)22(16)10-15-5-3-2-4-6-15/h2-8,13-14,16H,9-12H2,1H3,(H,20,24). The molecule has 2 aromatic rings. The van der Waals surface area contributed by atoms with Crippen molar-refractivity contribution in [2.24, 2.45) is 0 Å². The fraction of sp³-hybridized carbons (Fsp3) is 0.389.